The van der Waals surface area contributed by atoms with Gasteiger partial charge in [0.05, 0.1) is 23.4 Å². The minimum atomic E-state index is -4.74. The molecule has 0 N–H and O–H groups in total. The molecule has 1 aliphatic heterocycles. The van der Waals surface area contributed by atoms with Crippen molar-refractivity contribution in [1.29, 1.82) is 0 Å². The van der Waals surface area contributed by atoms with Gasteiger partial charge in [0.2, 0.25) is 0 Å². The van der Waals surface area contributed by atoms with Crippen LogP contribution in [0.15, 0.2) is 36.4 Å². The van der Waals surface area contributed by atoms with Crippen LogP contribution in [0.2, 0.25) is 0 Å². The van der Waals surface area contributed by atoms with E-state index in [0.29, 0.717) is 71.8 Å². The van der Waals surface area contributed by atoms with E-state index in [9.17, 15) is 18.0 Å². The van der Waals surface area contributed by atoms with Crippen LogP contribution < -0.4 is 19.1 Å². The van der Waals surface area contributed by atoms with Crippen LogP contribution in [0.4, 0.5) is 18.3 Å². The number of fused-ring (bicyclic) bond motifs is 1. The summed E-state index contributed by atoms with van der Waals surface area (Å²) < 4.78 is 53.3. The third kappa shape index (κ3) is 5.46. The second-order valence-electron chi connectivity index (χ2n) is 7.48. The molecule has 1 amide bonds. The molecule has 3 aromatic rings. The van der Waals surface area contributed by atoms with Crippen molar-refractivity contribution in [3.05, 3.63) is 42.0 Å². The molecule has 0 saturated carbocycles. The highest BCUT2D eigenvalue weighted by atomic mass is 32.1. The van der Waals surface area contributed by atoms with Crippen LogP contribution in [0.25, 0.3) is 10.2 Å². The number of hydrogen-bond acceptors (Lipinski definition) is 7. The van der Waals surface area contributed by atoms with E-state index < -0.39 is 6.36 Å². The number of benzene rings is 2. The van der Waals surface area contributed by atoms with Gasteiger partial charge in [-0.1, -0.05) is 11.3 Å². The van der Waals surface area contributed by atoms with Gasteiger partial charge in [0.25, 0.3) is 5.91 Å². The van der Waals surface area contributed by atoms with Gasteiger partial charge < -0.3 is 24.0 Å². The third-order valence-electron chi connectivity index (χ3n) is 5.21. The van der Waals surface area contributed by atoms with E-state index in [0.717, 1.165) is 0 Å². The first kappa shape index (κ1) is 23.9. The average molecular weight is 496 g/mol. The van der Waals surface area contributed by atoms with Crippen LogP contribution in [-0.4, -0.2) is 61.5 Å². The van der Waals surface area contributed by atoms with Crippen molar-refractivity contribution in [2.75, 3.05) is 44.3 Å². The lowest BCUT2D eigenvalue weighted by Crippen LogP contribution is -2.48. The first-order valence-corrected chi connectivity index (χ1v) is 11.7. The Hall–Kier alpha value is -3.21. The lowest BCUT2D eigenvalue weighted by molar-refractivity contribution is -0.274. The summed E-state index contributed by atoms with van der Waals surface area (Å²) in [6.07, 6.45) is -4.74. The van der Waals surface area contributed by atoms with Gasteiger partial charge in [0.1, 0.15) is 5.75 Å². The highest BCUT2D eigenvalue weighted by Crippen LogP contribution is 2.34. The van der Waals surface area contributed by atoms with Gasteiger partial charge >= 0.3 is 6.36 Å². The van der Waals surface area contributed by atoms with Crippen molar-refractivity contribution in [2.45, 2.75) is 20.2 Å². The Morgan fingerprint density at radius 3 is 2.38 bits per heavy atom. The number of carbonyl (C=O) groups excluding carboxylic acids is 1. The van der Waals surface area contributed by atoms with Crippen LogP contribution >= 0.6 is 11.3 Å². The maximum absolute atomic E-state index is 13.1. The number of piperazine rings is 1. The first-order valence-electron chi connectivity index (χ1n) is 10.9. The van der Waals surface area contributed by atoms with Crippen LogP contribution in [-0.2, 0) is 0 Å². The Balaban J connectivity index is 1.42. The van der Waals surface area contributed by atoms with Crippen LogP contribution in [0.5, 0.6) is 17.2 Å². The number of aromatic nitrogens is 1. The van der Waals surface area contributed by atoms with E-state index in [1.807, 2.05) is 18.7 Å². The van der Waals surface area contributed by atoms with Crippen LogP contribution in [0.3, 0.4) is 0 Å². The molecule has 4 rings (SSSR count). The highest BCUT2D eigenvalue weighted by molar-refractivity contribution is 7.22. The van der Waals surface area contributed by atoms with E-state index >= 15 is 0 Å². The topological polar surface area (TPSA) is 64.1 Å². The zero-order chi connectivity index (χ0) is 24.3. The molecule has 182 valence electrons. The molecule has 0 spiro atoms. The molecule has 11 heteroatoms. The number of anilines is 1. The van der Waals surface area contributed by atoms with E-state index in [1.54, 1.807) is 23.1 Å². The second-order valence-corrected chi connectivity index (χ2v) is 8.49. The summed E-state index contributed by atoms with van der Waals surface area (Å²) in [5, 5.41) is 0.700. The summed E-state index contributed by atoms with van der Waals surface area (Å²) >= 11 is 1.30. The summed E-state index contributed by atoms with van der Waals surface area (Å²) in [6, 6.07) is 9.29. The first-order chi connectivity index (χ1) is 16.3. The number of alkyl halides is 3. The Labute approximate surface area is 198 Å². The normalized spacial score (nSPS) is 14.4. The molecule has 1 saturated heterocycles. The molecular formula is C23H24F3N3O4S. The minimum Gasteiger partial charge on any atom is -0.490 e. The molecular weight excluding hydrogens is 471 g/mol. The molecule has 0 unspecified atom stereocenters. The monoisotopic (exact) mass is 495 g/mol. The fraction of sp³-hybridized carbons (Fsp3) is 0.391. The van der Waals surface area contributed by atoms with Gasteiger partial charge in [-0.2, -0.15) is 0 Å². The smallest absolute Gasteiger partial charge is 0.490 e. The molecule has 2 aromatic carbocycles. The summed E-state index contributed by atoms with van der Waals surface area (Å²) in [4.78, 5) is 21.4. The number of ether oxygens (including phenoxy) is 3. The van der Waals surface area contributed by atoms with E-state index in [2.05, 4.69) is 9.72 Å². The van der Waals surface area contributed by atoms with E-state index in [1.165, 1.54) is 29.5 Å². The Bertz CT molecular complexity index is 1160. The predicted molar refractivity (Wildman–Crippen MR) is 123 cm³/mol. The largest absolute Gasteiger partial charge is 0.573 e. The maximum Gasteiger partial charge on any atom is 0.573 e. The molecule has 7 nitrogen and oxygen atoms in total. The van der Waals surface area contributed by atoms with Crippen molar-refractivity contribution in [2.24, 2.45) is 0 Å². The van der Waals surface area contributed by atoms with Crippen LogP contribution in [0.1, 0.15) is 24.2 Å². The summed E-state index contributed by atoms with van der Waals surface area (Å²) in [6.45, 7) is 6.83. The van der Waals surface area contributed by atoms with Gasteiger partial charge in [-0.05, 0) is 44.2 Å². The number of thiazole rings is 1. The van der Waals surface area contributed by atoms with Crippen molar-refractivity contribution >= 4 is 32.6 Å². The van der Waals surface area contributed by atoms with Gasteiger partial charge in [-0.3, -0.25) is 4.79 Å². The second kappa shape index (κ2) is 9.96. The van der Waals surface area contributed by atoms with Crippen molar-refractivity contribution in [1.82, 2.24) is 9.88 Å². The molecule has 1 fully saturated rings. The molecule has 0 bridgehead atoms. The fourth-order valence-electron chi connectivity index (χ4n) is 3.69. The predicted octanol–water partition coefficient (Wildman–Crippen LogP) is 4.95. The highest BCUT2D eigenvalue weighted by Gasteiger charge is 2.31. The van der Waals surface area contributed by atoms with Crippen molar-refractivity contribution in [3.8, 4) is 17.2 Å². The Morgan fingerprint density at radius 2 is 1.71 bits per heavy atom. The minimum absolute atomic E-state index is 0.0955. The number of hydrogen-bond donors (Lipinski definition) is 0. The molecule has 2 heterocycles. The Morgan fingerprint density at radius 1 is 1.00 bits per heavy atom. The van der Waals surface area contributed by atoms with Crippen molar-refractivity contribution < 1.29 is 32.2 Å². The SMILES string of the molecule is CCOc1ccc(C(=O)N2CCN(c3nc4ccc(OC(F)(F)F)cc4s3)CC2)cc1OCC. The number of carbonyl (C=O) groups is 1. The molecule has 1 aliphatic rings. The van der Waals surface area contributed by atoms with Crippen LogP contribution in [0, 0.1) is 0 Å². The molecule has 1 aromatic heterocycles. The van der Waals surface area contributed by atoms with Gasteiger partial charge in [-0.25, -0.2) is 4.98 Å². The lowest BCUT2D eigenvalue weighted by atomic mass is 10.1. The van der Waals surface area contributed by atoms with E-state index in [4.69, 9.17) is 9.47 Å². The standard InChI is InChI=1S/C23H24F3N3O4S/c1-3-31-18-8-5-15(13-19(18)32-4-2)21(30)28-9-11-29(12-10-28)22-27-17-7-6-16(14-20(17)34-22)33-23(24,25)26/h5-8,13-14H,3-4,9-12H2,1-2H3. The molecule has 0 radical (unpaired) electrons. The zero-order valence-electron chi connectivity index (χ0n) is 18.7. The zero-order valence-corrected chi connectivity index (χ0v) is 19.5. The quantitative estimate of drug-likeness (QED) is 0.462. The lowest BCUT2D eigenvalue weighted by Gasteiger charge is -2.34. The maximum atomic E-state index is 13.1. The van der Waals surface area contributed by atoms with E-state index in [-0.39, 0.29) is 11.7 Å². The number of nitrogens with zero attached hydrogens (tertiary/aromatic N) is 3. The summed E-state index contributed by atoms with van der Waals surface area (Å²) in [5.74, 6) is 0.775. The third-order valence-corrected chi connectivity index (χ3v) is 6.29. The van der Waals surface area contributed by atoms with Crippen molar-refractivity contribution in [3.63, 3.8) is 0 Å². The van der Waals surface area contributed by atoms with Gasteiger partial charge in [0.15, 0.2) is 16.6 Å². The number of halogens is 3. The summed E-state index contributed by atoms with van der Waals surface area (Å²) in [5.41, 5.74) is 1.13. The fourth-order valence-corrected chi connectivity index (χ4v) is 4.74. The van der Waals surface area contributed by atoms with Gasteiger partial charge in [0, 0.05) is 37.8 Å². The molecule has 34 heavy (non-hydrogen) atoms. The average Bonchev–Trinajstić information content (AvgIpc) is 3.22. The number of rotatable bonds is 7. The Kier molecular flexibility index (Phi) is 7.01. The summed E-state index contributed by atoms with van der Waals surface area (Å²) in [7, 11) is 0. The number of amides is 1. The van der Waals surface area contributed by atoms with Gasteiger partial charge in [-0.15, -0.1) is 13.2 Å². The molecule has 0 atom stereocenters. The molecule has 0 aliphatic carbocycles.